The van der Waals surface area contributed by atoms with Crippen molar-refractivity contribution in [3.05, 3.63) is 246 Å². The number of hydrogen-bond acceptors (Lipinski definition) is 4. The summed E-state index contributed by atoms with van der Waals surface area (Å²) in [4.78, 5) is 9.59. The van der Waals surface area contributed by atoms with Crippen LogP contribution in [0, 0.1) is 18.8 Å². The number of ether oxygens (including phenoxy) is 1. The van der Waals surface area contributed by atoms with Crippen molar-refractivity contribution in [1.29, 1.82) is 0 Å². The van der Waals surface area contributed by atoms with Crippen LogP contribution in [0.3, 0.4) is 0 Å². The number of nitrogens with zero attached hydrogens (tertiary/aromatic N) is 4. The first-order valence-corrected chi connectivity index (χ1v) is 25.5. The van der Waals surface area contributed by atoms with E-state index in [0.29, 0.717) is 11.5 Å². The van der Waals surface area contributed by atoms with Gasteiger partial charge in [0, 0.05) is 66.8 Å². The zero-order valence-electron chi connectivity index (χ0n) is 44.1. The van der Waals surface area contributed by atoms with Gasteiger partial charge in [0.2, 0.25) is 0 Å². The second-order valence-electron chi connectivity index (χ2n) is 22.7. The molecule has 0 saturated heterocycles. The molecule has 74 heavy (non-hydrogen) atoms. The molecule has 0 bridgehead atoms. The van der Waals surface area contributed by atoms with E-state index < -0.39 is 5.41 Å². The van der Waals surface area contributed by atoms with Gasteiger partial charge in [-0.2, -0.15) is 6.07 Å². The molecule has 0 radical (unpaired) electrons. The molecule has 10 aromatic rings. The summed E-state index contributed by atoms with van der Waals surface area (Å²) in [5, 5.41) is 2.22. The Hall–Kier alpha value is -7.20. The maximum atomic E-state index is 7.08. The number of rotatable bonds is 10. The molecule has 0 amide bonds. The van der Waals surface area contributed by atoms with Gasteiger partial charge in [-0.1, -0.05) is 196 Å². The maximum Gasteiger partial charge on any atom is 0.135 e. The van der Waals surface area contributed by atoms with Crippen molar-refractivity contribution >= 4 is 44.6 Å². The second-order valence-corrected chi connectivity index (χ2v) is 22.7. The normalized spacial score (nSPS) is 13.1. The Morgan fingerprint density at radius 1 is 0.446 bits per heavy atom. The van der Waals surface area contributed by atoms with Crippen LogP contribution in [0.2, 0.25) is 0 Å². The van der Waals surface area contributed by atoms with E-state index in [0.717, 1.165) is 55.9 Å². The summed E-state index contributed by atoms with van der Waals surface area (Å²) >= 11 is 0. The third-order valence-electron chi connectivity index (χ3n) is 15.0. The number of hydrogen-bond donors (Lipinski definition) is 0. The van der Waals surface area contributed by atoms with Gasteiger partial charge >= 0.3 is 0 Å². The van der Waals surface area contributed by atoms with Crippen molar-refractivity contribution in [3.8, 4) is 28.4 Å². The summed E-state index contributed by atoms with van der Waals surface area (Å²) in [6.45, 7) is 25.0. The van der Waals surface area contributed by atoms with Crippen LogP contribution in [-0.2, 0) is 42.7 Å². The predicted octanol–water partition coefficient (Wildman–Crippen LogP) is 17.9. The summed E-state index contributed by atoms with van der Waals surface area (Å²) < 4.78 is 9.29. The molecule has 0 saturated carbocycles. The Morgan fingerprint density at radius 3 is 1.76 bits per heavy atom. The van der Waals surface area contributed by atoms with Crippen LogP contribution in [0.5, 0.6) is 11.5 Å². The molecule has 6 heteroatoms. The summed E-state index contributed by atoms with van der Waals surface area (Å²) in [7, 11) is 0. The smallest absolute Gasteiger partial charge is 0.135 e. The van der Waals surface area contributed by atoms with E-state index in [2.05, 4.69) is 284 Å². The molecule has 3 heterocycles. The minimum Gasteiger partial charge on any atom is -0.509 e. The van der Waals surface area contributed by atoms with Gasteiger partial charge in [-0.25, -0.2) is 4.98 Å². The third kappa shape index (κ3) is 9.37. The number of fused-ring (bicyclic) bond motifs is 4. The summed E-state index contributed by atoms with van der Waals surface area (Å²) in [5.74, 6) is 2.03. The number of benzene rings is 8. The van der Waals surface area contributed by atoms with Gasteiger partial charge in [0.05, 0.1) is 0 Å². The van der Waals surface area contributed by atoms with Crippen LogP contribution < -0.4 is 14.5 Å². The number of pyridine rings is 1. The minimum absolute atomic E-state index is 0. The zero-order valence-corrected chi connectivity index (χ0v) is 46.3. The monoisotopic (exact) mass is 1150 g/mol. The van der Waals surface area contributed by atoms with Gasteiger partial charge < -0.3 is 19.1 Å². The van der Waals surface area contributed by atoms with E-state index in [4.69, 9.17) is 9.72 Å². The summed E-state index contributed by atoms with van der Waals surface area (Å²) in [6, 6.07) is 75.3. The molecule has 0 aliphatic carbocycles. The summed E-state index contributed by atoms with van der Waals surface area (Å²) in [6.07, 6.45) is 1.91. The maximum absolute atomic E-state index is 7.08. The van der Waals surface area contributed by atoms with Gasteiger partial charge in [-0.3, -0.25) is 0 Å². The molecule has 1 aliphatic rings. The number of anilines is 4. The zero-order chi connectivity index (χ0) is 50.9. The second kappa shape index (κ2) is 19.3. The largest absolute Gasteiger partial charge is 0.509 e. The molecular weight excluding hydrogens is 1080 g/mol. The van der Waals surface area contributed by atoms with E-state index >= 15 is 0 Å². The molecule has 374 valence electrons. The number of aromatic nitrogens is 2. The van der Waals surface area contributed by atoms with Gasteiger partial charge in [0.15, 0.2) is 0 Å². The average molecular weight is 1150 g/mol. The topological polar surface area (TPSA) is 33.5 Å². The first-order valence-electron chi connectivity index (χ1n) is 25.5. The Balaban J connectivity index is 0.00000626. The fourth-order valence-electron chi connectivity index (χ4n) is 10.3. The first-order chi connectivity index (χ1) is 34.9. The Morgan fingerprint density at radius 2 is 1.08 bits per heavy atom. The molecule has 1 aliphatic heterocycles. The van der Waals surface area contributed by atoms with E-state index in [-0.39, 0.29) is 37.3 Å². The molecular formula is C68H63N4OPt-3. The predicted molar refractivity (Wildman–Crippen MR) is 304 cm³/mol. The third-order valence-corrected chi connectivity index (χ3v) is 15.0. The van der Waals surface area contributed by atoms with Crippen molar-refractivity contribution in [2.24, 2.45) is 0 Å². The quantitative estimate of drug-likeness (QED) is 0.128. The van der Waals surface area contributed by atoms with Crippen molar-refractivity contribution in [2.75, 3.05) is 9.80 Å². The Kier molecular flexibility index (Phi) is 13.1. The fraction of sp³-hybridized carbons (Fsp3) is 0.206. The van der Waals surface area contributed by atoms with Crippen LogP contribution in [0.25, 0.3) is 38.8 Å². The number of para-hydroxylation sites is 1. The molecule has 5 nitrogen and oxygen atoms in total. The van der Waals surface area contributed by atoms with Crippen molar-refractivity contribution in [3.63, 3.8) is 0 Å². The first kappa shape index (κ1) is 50.3. The van der Waals surface area contributed by atoms with Crippen LogP contribution in [0.15, 0.2) is 194 Å². The molecule has 0 spiro atoms. The van der Waals surface area contributed by atoms with Gasteiger partial charge in [-0.15, -0.1) is 53.6 Å². The Bertz CT molecular complexity index is 3660. The Labute approximate surface area is 452 Å². The SMILES string of the molecule is CC(C)(C)c1cc(-c2ccccc2)cc(N2[CH-]N(c3[c-]c(Oc4[c-]c5c(cc4)c4ccccc4n5-c4cc(C(C)(C)C)ccn4)cc(C(C)(C)c4ccccc4)c3)c3cc(C(C)(C)c4ccccc4)ccc32)c1.[Pt]. The van der Waals surface area contributed by atoms with Crippen LogP contribution in [-0.4, -0.2) is 9.55 Å². The molecule has 11 rings (SSSR count). The molecule has 0 unspecified atom stereocenters. The fourth-order valence-corrected chi connectivity index (χ4v) is 10.3. The van der Waals surface area contributed by atoms with E-state index in [1.807, 2.05) is 12.3 Å². The van der Waals surface area contributed by atoms with Crippen molar-refractivity contribution in [2.45, 2.75) is 90.9 Å². The molecule has 0 atom stereocenters. The van der Waals surface area contributed by atoms with Crippen molar-refractivity contribution in [1.82, 2.24) is 9.55 Å². The summed E-state index contributed by atoms with van der Waals surface area (Å²) in [5.41, 5.74) is 14.8. The van der Waals surface area contributed by atoms with Gasteiger partial charge in [0.1, 0.15) is 5.82 Å². The van der Waals surface area contributed by atoms with Crippen LogP contribution in [0.1, 0.15) is 103 Å². The van der Waals surface area contributed by atoms with Crippen LogP contribution in [0.4, 0.5) is 22.7 Å². The average Bonchev–Trinajstić information content (AvgIpc) is 3.95. The van der Waals surface area contributed by atoms with E-state index in [1.54, 1.807) is 0 Å². The van der Waals surface area contributed by atoms with Crippen LogP contribution >= 0.6 is 0 Å². The van der Waals surface area contributed by atoms with Crippen molar-refractivity contribution < 1.29 is 25.8 Å². The van der Waals surface area contributed by atoms with E-state index in [9.17, 15) is 0 Å². The van der Waals surface area contributed by atoms with Gasteiger partial charge in [-0.05, 0) is 103 Å². The molecule has 0 N–H and O–H groups in total. The molecule has 0 fully saturated rings. The van der Waals surface area contributed by atoms with E-state index in [1.165, 1.54) is 38.9 Å². The minimum atomic E-state index is -0.405. The molecule has 8 aromatic carbocycles. The van der Waals surface area contributed by atoms with Gasteiger partial charge in [0.25, 0.3) is 0 Å². The molecule has 2 aromatic heterocycles. The standard InChI is InChI=1S/C68H63N4O.Pt/c1-65(2,3)50-34-35-69-64(42-50)72-60-29-21-20-28-58(60)59-32-31-56(44-62(59)72)73-57-40-53(68(9,10)49-26-18-13-19-27-49)39-55(43-57)71-45-70(54-37-47(46-22-14-11-15-23-46)36-52(38-54)66(4,5)6)61-33-30-51(41-63(61)71)67(7,8)48-24-16-12-17-25-48;/h11-42,45H,1-10H3;/q-3;.